The predicted molar refractivity (Wildman–Crippen MR) is 53.0 cm³/mol. The van der Waals surface area contributed by atoms with Crippen molar-refractivity contribution in [3.05, 3.63) is 0 Å². The molecule has 2 heteroatoms. The fraction of sp³-hybridized carbons (Fsp3) is 1.00. The van der Waals surface area contributed by atoms with Crippen LogP contribution in [0.5, 0.6) is 0 Å². The fourth-order valence-electron chi connectivity index (χ4n) is 1.31. The van der Waals surface area contributed by atoms with Crippen molar-refractivity contribution >= 4 is 0 Å². The molecule has 0 aliphatic heterocycles. The zero-order valence-corrected chi connectivity index (χ0v) is 9.01. The Morgan fingerprint density at radius 2 is 1.75 bits per heavy atom. The van der Waals surface area contributed by atoms with Crippen LogP contribution in [-0.4, -0.2) is 42.4 Å². The molecule has 1 atom stereocenters. The molecule has 0 aromatic heterocycles. The van der Waals surface area contributed by atoms with Crippen LogP contribution in [0, 0.1) is 0 Å². The Labute approximate surface area is 76.8 Å². The Hall–Kier alpha value is -0.0800. The predicted octanol–water partition coefficient (Wildman–Crippen LogP) is 1.63. The van der Waals surface area contributed by atoms with Crippen LogP contribution in [0.4, 0.5) is 0 Å². The summed E-state index contributed by atoms with van der Waals surface area (Å²) in [5, 5.41) is 9.09. The molecular formula is C10H24NO+. The van der Waals surface area contributed by atoms with E-state index in [2.05, 4.69) is 20.9 Å². The van der Waals surface area contributed by atoms with E-state index in [1.807, 2.05) is 6.92 Å². The zero-order valence-electron chi connectivity index (χ0n) is 9.01. The minimum absolute atomic E-state index is 0.132. The Morgan fingerprint density at radius 3 is 2.08 bits per heavy atom. The summed E-state index contributed by atoms with van der Waals surface area (Å²) in [5.41, 5.74) is 0. The van der Waals surface area contributed by atoms with Crippen LogP contribution in [0.25, 0.3) is 0 Å². The molecular weight excluding hydrogens is 150 g/mol. The second kappa shape index (κ2) is 5.55. The number of hydrogen-bond acceptors (Lipinski definition) is 1. The minimum Gasteiger partial charge on any atom is -0.393 e. The summed E-state index contributed by atoms with van der Waals surface area (Å²) in [4.78, 5) is 0. The summed E-state index contributed by atoms with van der Waals surface area (Å²) in [6, 6.07) is 0. The van der Waals surface area contributed by atoms with Gasteiger partial charge in [-0.2, -0.15) is 0 Å². The number of hydrogen-bond donors (Lipinski definition) is 1. The van der Waals surface area contributed by atoms with E-state index in [0.717, 1.165) is 17.3 Å². The van der Waals surface area contributed by atoms with Crippen molar-refractivity contribution < 1.29 is 9.59 Å². The van der Waals surface area contributed by atoms with E-state index in [1.54, 1.807) is 0 Å². The Balaban J connectivity index is 3.58. The molecule has 0 saturated heterocycles. The highest BCUT2D eigenvalue weighted by Gasteiger charge is 2.15. The van der Waals surface area contributed by atoms with Crippen LogP contribution in [0.2, 0.25) is 0 Å². The van der Waals surface area contributed by atoms with Gasteiger partial charge in [0.25, 0.3) is 0 Å². The van der Waals surface area contributed by atoms with Gasteiger partial charge in [-0.15, -0.1) is 0 Å². The third-order valence-electron chi connectivity index (χ3n) is 2.85. The van der Waals surface area contributed by atoms with Crippen LogP contribution < -0.4 is 0 Å². The molecule has 0 spiro atoms. The van der Waals surface area contributed by atoms with Gasteiger partial charge in [-0.05, 0) is 33.6 Å². The fourth-order valence-corrected chi connectivity index (χ4v) is 1.31. The molecule has 0 aromatic rings. The number of aliphatic hydroxyl groups is 1. The average Bonchev–Trinajstić information content (AvgIpc) is 2.03. The second-order valence-electron chi connectivity index (χ2n) is 3.97. The summed E-state index contributed by atoms with van der Waals surface area (Å²) in [6.45, 7) is 9.89. The van der Waals surface area contributed by atoms with Gasteiger partial charge in [0.1, 0.15) is 0 Å². The summed E-state index contributed by atoms with van der Waals surface area (Å²) in [7, 11) is 2.28. The van der Waals surface area contributed by atoms with Gasteiger partial charge in [-0.3, -0.25) is 0 Å². The molecule has 74 valence electrons. The van der Waals surface area contributed by atoms with E-state index < -0.39 is 0 Å². The Bertz CT molecular complexity index is 108. The largest absolute Gasteiger partial charge is 0.393 e. The topological polar surface area (TPSA) is 20.2 Å². The Kier molecular flexibility index (Phi) is 5.51. The first-order valence-corrected chi connectivity index (χ1v) is 5.05. The maximum atomic E-state index is 9.09. The van der Waals surface area contributed by atoms with Gasteiger partial charge in [0.15, 0.2) is 0 Å². The minimum atomic E-state index is -0.132. The highest BCUT2D eigenvalue weighted by Crippen LogP contribution is 2.06. The maximum Gasteiger partial charge on any atom is 0.0785 e. The normalized spacial score (nSPS) is 14.8. The van der Waals surface area contributed by atoms with Crippen LogP contribution in [0.15, 0.2) is 0 Å². The second-order valence-corrected chi connectivity index (χ2v) is 3.97. The van der Waals surface area contributed by atoms with Gasteiger partial charge in [0.2, 0.25) is 0 Å². The van der Waals surface area contributed by atoms with Crippen LogP contribution in [0.3, 0.4) is 0 Å². The molecule has 0 bridgehead atoms. The molecule has 0 radical (unpaired) electrons. The van der Waals surface area contributed by atoms with E-state index in [1.165, 1.54) is 19.6 Å². The summed E-state index contributed by atoms with van der Waals surface area (Å²) in [5.74, 6) is 0. The van der Waals surface area contributed by atoms with E-state index in [4.69, 9.17) is 5.11 Å². The lowest BCUT2D eigenvalue weighted by Gasteiger charge is -2.32. The number of aliphatic hydroxyl groups excluding tert-OH is 1. The molecule has 0 amide bonds. The van der Waals surface area contributed by atoms with Gasteiger partial charge in [-0.1, -0.05) is 0 Å². The first-order valence-electron chi connectivity index (χ1n) is 5.05. The molecule has 1 unspecified atom stereocenters. The molecule has 1 N–H and O–H groups in total. The van der Waals surface area contributed by atoms with E-state index >= 15 is 0 Å². The molecule has 0 rings (SSSR count). The van der Waals surface area contributed by atoms with Crippen LogP contribution in [0.1, 0.15) is 33.6 Å². The lowest BCUT2D eigenvalue weighted by molar-refractivity contribution is -0.906. The van der Waals surface area contributed by atoms with Crippen molar-refractivity contribution in [3.8, 4) is 0 Å². The van der Waals surface area contributed by atoms with Gasteiger partial charge < -0.3 is 9.59 Å². The average molecular weight is 174 g/mol. The highest BCUT2D eigenvalue weighted by atomic mass is 16.3. The number of rotatable bonds is 6. The SMILES string of the molecule is CC[N+](C)(CC)CCCC(C)O. The van der Waals surface area contributed by atoms with Gasteiger partial charge in [0.05, 0.1) is 32.8 Å². The highest BCUT2D eigenvalue weighted by molar-refractivity contribution is 4.47. The molecule has 0 fully saturated rings. The van der Waals surface area contributed by atoms with Crippen molar-refractivity contribution in [2.45, 2.75) is 39.7 Å². The first-order chi connectivity index (χ1) is 5.54. The van der Waals surface area contributed by atoms with E-state index in [-0.39, 0.29) is 6.10 Å². The van der Waals surface area contributed by atoms with Gasteiger partial charge >= 0.3 is 0 Å². The van der Waals surface area contributed by atoms with Crippen molar-refractivity contribution in [2.24, 2.45) is 0 Å². The molecule has 0 aromatic carbocycles. The van der Waals surface area contributed by atoms with Crippen molar-refractivity contribution in [2.75, 3.05) is 26.7 Å². The lowest BCUT2D eigenvalue weighted by atomic mass is 10.2. The third-order valence-corrected chi connectivity index (χ3v) is 2.85. The van der Waals surface area contributed by atoms with Crippen molar-refractivity contribution in [3.63, 3.8) is 0 Å². The molecule has 0 saturated carbocycles. The smallest absolute Gasteiger partial charge is 0.0785 e. The van der Waals surface area contributed by atoms with E-state index in [9.17, 15) is 0 Å². The Morgan fingerprint density at radius 1 is 1.25 bits per heavy atom. The van der Waals surface area contributed by atoms with Crippen LogP contribution in [-0.2, 0) is 0 Å². The first kappa shape index (κ1) is 11.9. The molecule has 0 heterocycles. The van der Waals surface area contributed by atoms with Gasteiger partial charge in [-0.25, -0.2) is 0 Å². The molecule has 2 nitrogen and oxygen atoms in total. The molecule has 0 aliphatic carbocycles. The summed E-state index contributed by atoms with van der Waals surface area (Å²) < 4.78 is 1.13. The van der Waals surface area contributed by atoms with Crippen LogP contribution >= 0.6 is 0 Å². The third kappa shape index (κ3) is 4.73. The van der Waals surface area contributed by atoms with E-state index in [0.29, 0.717) is 0 Å². The number of nitrogens with zero attached hydrogens (tertiary/aromatic N) is 1. The monoisotopic (exact) mass is 174 g/mol. The molecule has 0 aliphatic rings. The van der Waals surface area contributed by atoms with Crippen molar-refractivity contribution in [1.82, 2.24) is 0 Å². The standard InChI is InChI=1S/C10H24NO/c1-5-11(4,6-2)9-7-8-10(3)12/h10,12H,5-9H2,1-4H3/q+1. The summed E-state index contributed by atoms with van der Waals surface area (Å²) >= 11 is 0. The maximum absolute atomic E-state index is 9.09. The quantitative estimate of drug-likeness (QED) is 0.607. The van der Waals surface area contributed by atoms with Gasteiger partial charge in [0, 0.05) is 0 Å². The lowest BCUT2D eigenvalue weighted by Crippen LogP contribution is -2.44. The summed E-state index contributed by atoms with van der Waals surface area (Å²) in [6.07, 6.45) is 1.94. The zero-order chi connectivity index (χ0) is 9.61. The van der Waals surface area contributed by atoms with Crippen molar-refractivity contribution in [1.29, 1.82) is 0 Å². The molecule has 12 heavy (non-hydrogen) atoms. The number of quaternary nitrogens is 1.